The summed E-state index contributed by atoms with van der Waals surface area (Å²) in [6.07, 6.45) is 5.94. The minimum absolute atomic E-state index is 0.235. The average Bonchev–Trinajstić information content (AvgIpc) is 2.33. The maximum Gasteiger partial charge on any atom is 0.345 e. The summed E-state index contributed by atoms with van der Waals surface area (Å²) in [5.74, 6) is 0.748. The third-order valence-electron chi connectivity index (χ3n) is 5.37. The lowest BCUT2D eigenvalue weighted by Crippen LogP contribution is -2.51. The van der Waals surface area contributed by atoms with Crippen LogP contribution in [0.5, 0.6) is 0 Å². The summed E-state index contributed by atoms with van der Waals surface area (Å²) >= 11 is 0. The first-order valence-electron chi connectivity index (χ1n) is 7.46. The average molecular weight is 266 g/mol. The molecule has 4 rings (SSSR count). The van der Waals surface area contributed by atoms with Crippen molar-refractivity contribution >= 4 is 11.9 Å². The summed E-state index contributed by atoms with van der Waals surface area (Å²) < 4.78 is 5.31. The molecule has 0 aromatic carbocycles. The fourth-order valence-electron chi connectivity index (χ4n) is 4.92. The lowest BCUT2D eigenvalue weighted by Gasteiger charge is -2.55. The number of hydrogen-bond donors (Lipinski definition) is 1. The number of carbonyl (C=O) groups excluding carboxylic acids is 1. The van der Waals surface area contributed by atoms with Gasteiger partial charge in [0, 0.05) is 0 Å². The monoisotopic (exact) mass is 266 g/mol. The van der Waals surface area contributed by atoms with Crippen LogP contribution in [0.1, 0.15) is 51.9 Å². The number of hydrogen-bond acceptors (Lipinski definition) is 3. The van der Waals surface area contributed by atoms with E-state index in [1.807, 2.05) is 0 Å². The van der Waals surface area contributed by atoms with Gasteiger partial charge in [-0.05, 0) is 62.7 Å². The van der Waals surface area contributed by atoms with Gasteiger partial charge in [0.25, 0.3) is 0 Å². The normalized spacial score (nSPS) is 41.0. The fraction of sp³-hybridized carbons (Fsp3) is 0.867. The zero-order valence-electron chi connectivity index (χ0n) is 11.4. The Hall–Kier alpha value is -1.06. The maximum atomic E-state index is 12.5. The molecule has 0 spiro atoms. The second-order valence-corrected chi connectivity index (χ2v) is 6.84. The van der Waals surface area contributed by atoms with Crippen LogP contribution in [0.2, 0.25) is 0 Å². The van der Waals surface area contributed by atoms with Crippen LogP contribution in [-0.4, -0.2) is 23.1 Å². The molecule has 4 fully saturated rings. The van der Waals surface area contributed by atoms with E-state index in [0.717, 1.165) is 19.3 Å². The van der Waals surface area contributed by atoms with Crippen molar-refractivity contribution in [3.63, 3.8) is 0 Å². The molecule has 106 valence electrons. The predicted molar refractivity (Wildman–Crippen MR) is 68.4 cm³/mol. The smallest absolute Gasteiger partial charge is 0.345 e. The van der Waals surface area contributed by atoms with E-state index in [1.165, 1.54) is 19.3 Å². The van der Waals surface area contributed by atoms with E-state index < -0.39 is 12.1 Å². The van der Waals surface area contributed by atoms with Gasteiger partial charge in [0.05, 0.1) is 5.41 Å². The molecule has 0 aromatic rings. The maximum absolute atomic E-state index is 12.5. The van der Waals surface area contributed by atoms with Gasteiger partial charge in [0.15, 0.2) is 6.10 Å². The van der Waals surface area contributed by atoms with Gasteiger partial charge in [-0.3, -0.25) is 4.79 Å². The van der Waals surface area contributed by atoms with Crippen molar-refractivity contribution in [1.29, 1.82) is 0 Å². The van der Waals surface area contributed by atoms with Gasteiger partial charge in [-0.2, -0.15) is 0 Å². The number of carbonyl (C=O) groups is 2. The second-order valence-electron chi connectivity index (χ2n) is 6.84. The van der Waals surface area contributed by atoms with E-state index >= 15 is 0 Å². The Morgan fingerprint density at radius 2 is 1.63 bits per heavy atom. The minimum Gasteiger partial charge on any atom is -0.479 e. The Balaban J connectivity index is 1.74. The van der Waals surface area contributed by atoms with E-state index in [9.17, 15) is 9.59 Å². The molecule has 1 N–H and O–H groups in total. The van der Waals surface area contributed by atoms with Gasteiger partial charge in [0.2, 0.25) is 0 Å². The SMILES string of the molecule is CCC(OC(=O)C12CC3CC(CC(C3)C1)C2)C(=O)O. The first-order valence-corrected chi connectivity index (χ1v) is 7.46. The molecule has 4 heteroatoms. The molecule has 4 saturated carbocycles. The summed E-state index contributed by atoms with van der Waals surface area (Å²) in [7, 11) is 0. The van der Waals surface area contributed by atoms with Crippen LogP contribution in [0, 0.1) is 23.2 Å². The first-order chi connectivity index (χ1) is 9.02. The number of carboxylic acids is 1. The van der Waals surface area contributed by atoms with Crippen molar-refractivity contribution in [1.82, 2.24) is 0 Å². The van der Waals surface area contributed by atoms with Crippen molar-refractivity contribution in [3.05, 3.63) is 0 Å². The number of rotatable bonds is 4. The van der Waals surface area contributed by atoms with E-state index in [2.05, 4.69) is 0 Å². The highest BCUT2D eigenvalue weighted by molar-refractivity contribution is 5.82. The van der Waals surface area contributed by atoms with Gasteiger partial charge in [-0.15, -0.1) is 0 Å². The molecule has 0 heterocycles. The Kier molecular flexibility index (Phi) is 3.06. The third kappa shape index (κ3) is 2.15. The topological polar surface area (TPSA) is 63.6 Å². The summed E-state index contributed by atoms with van der Waals surface area (Å²) in [5, 5.41) is 9.03. The van der Waals surface area contributed by atoms with Crippen molar-refractivity contribution < 1.29 is 19.4 Å². The lowest BCUT2D eigenvalue weighted by molar-refractivity contribution is -0.183. The van der Waals surface area contributed by atoms with Crippen LogP contribution in [0.25, 0.3) is 0 Å². The van der Waals surface area contributed by atoms with E-state index in [1.54, 1.807) is 6.92 Å². The highest BCUT2D eigenvalue weighted by Crippen LogP contribution is 2.60. The minimum atomic E-state index is -1.03. The highest BCUT2D eigenvalue weighted by atomic mass is 16.6. The quantitative estimate of drug-likeness (QED) is 0.794. The second kappa shape index (κ2) is 4.50. The van der Waals surface area contributed by atoms with Crippen LogP contribution < -0.4 is 0 Å². The molecule has 0 aromatic heterocycles. The van der Waals surface area contributed by atoms with Crippen molar-refractivity contribution in [2.24, 2.45) is 23.2 Å². The van der Waals surface area contributed by atoms with Crippen LogP contribution >= 0.6 is 0 Å². The van der Waals surface area contributed by atoms with E-state index in [4.69, 9.17) is 9.84 Å². The van der Waals surface area contributed by atoms with Gasteiger partial charge in [0.1, 0.15) is 0 Å². The summed E-state index contributed by atoms with van der Waals surface area (Å²) in [6, 6.07) is 0. The number of carboxylic acid groups (broad SMARTS) is 1. The molecule has 1 atom stereocenters. The fourth-order valence-corrected chi connectivity index (χ4v) is 4.92. The van der Waals surface area contributed by atoms with E-state index in [-0.39, 0.29) is 11.4 Å². The summed E-state index contributed by atoms with van der Waals surface area (Å²) in [5.41, 5.74) is -0.350. The standard InChI is InChI=1S/C15H22O4/c1-2-12(13(16)17)19-14(18)15-6-9-3-10(7-15)5-11(4-9)8-15/h9-12H,2-8H2,1H3,(H,16,17). The number of aliphatic carboxylic acids is 1. The van der Waals surface area contributed by atoms with Crippen LogP contribution in [0.15, 0.2) is 0 Å². The Labute approximate surface area is 113 Å². The zero-order chi connectivity index (χ0) is 13.6. The molecular formula is C15H22O4. The van der Waals surface area contributed by atoms with Crippen molar-refractivity contribution in [2.45, 2.75) is 58.0 Å². The molecular weight excluding hydrogens is 244 g/mol. The number of ether oxygens (including phenoxy) is 1. The Morgan fingerprint density at radius 3 is 2.00 bits per heavy atom. The van der Waals surface area contributed by atoms with Crippen LogP contribution in [-0.2, 0) is 14.3 Å². The predicted octanol–water partition coefficient (Wildman–Crippen LogP) is 2.61. The largest absolute Gasteiger partial charge is 0.479 e. The molecule has 4 aliphatic rings. The lowest BCUT2D eigenvalue weighted by atomic mass is 9.49. The van der Waals surface area contributed by atoms with Crippen LogP contribution in [0.3, 0.4) is 0 Å². The molecule has 4 nitrogen and oxygen atoms in total. The Bertz CT molecular complexity index is 366. The first kappa shape index (κ1) is 12.9. The molecule has 4 aliphatic carbocycles. The van der Waals surface area contributed by atoms with Crippen molar-refractivity contribution in [2.75, 3.05) is 0 Å². The summed E-state index contributed by atoms with van der Waals surface area (Å²) in [4.78, 5) is 23.5. The van der Waals surface area contributed by atoms with Crippen LogP contribution in [0.4, 0.5) is 0 Å². The zero-order valence-corrected chi connectivity index (χ0v) is 11.4. The molecule has 19 heavy (non-hydrogen) atoms. The summed E-state index contributed by atoms with van der Waals surface area (Å²) in [6.45, 7) is 1.74. The van der Waals surface area contributed by atoms with Crippen molar-refractivity contribution in [3.8, 4) is 0 Å². The Morgan fingerprint density at radius 1 is 1.16 bits per heavy atom. The molecule has 0 saturated heterocycles. The van der Waals surface area contributed by atoms with Gasteiger partial charge in [-0.1, -0.05) is 6.92 Å². The van der Waals surface area contributed by atoms with Gasteiger partial charge in [-0.25, -0.2) is 4.79 Å². The third-order valence-corrected chi connectivity index (χ3v) is 5.37. The van der Waals surface area contributed by atoms with Gasteiger partial charge < -0.3 is 9.84 Å². The van der Waals surface area contributed by atoms with E-state index in [0.29, 0.717) is 24.2 Å². The molecule has 0 radical (unpaired) electrons. The molecule has 4 bridgehead atoms. The molecule has 1 unspecified atom stereocenters. The molecule has 0 aliphatic heterocycles. The van der Waals surface area contributed by atoms with Gasteiger partial charge >= 0.3 is 11.9 Å². The highest BCUT2D eigenvalue weighted by Gasteiger charge is 2.55. The number of esters is 1. The molecule has 0 amide bonds.